The maximum Gasteiger partial charge on any atom is 0.341 e. The number of carbonyl (C=O) groups is 2. The van der Waals surface area contributed by atoms with E-state index >= 15 is 0 Å². The van der Waals surface area contributed by atoms with Gasteiger partial charge in [0.05, 0.1) is 0 Å². The molecule has 0 aromatic heterocycles. The second-order valence-corrected chi connectivity index (χ2v) is 3.18. The lowest BCUT2D eigenvalue weighted by molar-refractivity contribution is -0.153. The Morgan fingerprint density at radius 3 is 2.44 bits per heavy atom. The molecule has 0 amide bonds. The zero-order valence-electron chi connectivity index (χ0n) is 8.81. The maximum absolute atomic E-state index is 11.3. The van der Waals surface area contributed by atoms with Gasteiger partial charge in [0.25, 0.3) is 0 Å². The first-order valence-corrected chi connectivity index (χ1v) is 4.73. The van der Waals surface area contributed by atoms with Crippen LogP contribution >= 0.6 is 0 Å². The van der Waals surface area contributed by atoms with Crippen LogP contribution in [0.2, 0.25) is 0 Å². The fourth-order valence-electron chi connectivity index (χ4n) is 1.12. The monoisotopic (exact) mass is 216 g/mol. The number of ether oxygens (including phenoxy) is 1. The van der Waals surface area contributed by atoms with E-state index in [-0.39, 0.29) is 5.57 Å². The van der Waals surface area contributed by atoms with Crippen LogP contribution < -0.4 is 0 Å². The van der Waals surface area contributed by atoms with Crippen LogP contribution in [0.3, 0.4) is 0 Å². The molecular formula is C13H12O3. The Balaban J connectivity index is 2.56. The molecule has 0 aliphatic rings. The molecule has 3 nitrogen and oxygen atoms in total. The Bertz CT molecular complexity index is 418. The van der Waals surface area contributed by atoms with Crippen molar-refractivity contribution in [2.75, 3.05) is 0 Å². The van der Waals surface area contributed by atoms with E-state index in [0.717, 1.165) is 11.6 Å². The van der Waals surface area contributed by atoms with Crippen LogP contribution in [0.4, 0.5) is 0 Å². The lowest BCUT2D eigenvalue weighted by Gasteiger charge is -2.03. The van der Waals surface area contributed by atoms with E-state index in [9.17, 15) is 9.59 Å². The van der Waals surface area contributed by atoms with Crippen molar-refractivity contribution >= 4 is 11.9 Å². The van der Waals surface area contributed by atoms with Crippen LogP contribution in [0, 0.1) is 0 Å². The average molecular weight is 216 g/mol. The lowest BCUT2D eigenvalue weighted by Crippen LogP contribution is -2.13. The summed E-state index contributed by atoms with van der Waals surface area (Å²) in [5.41, 5.74) is 1.18. The summed E-state index contributed by atoms with van der Waals surface area (Å²) in [6, 6.07) is 9.35. The van der Waals surface area contributed by atoms with Crippen LogP contribution in [-0.4, -0.2) is 11.9 Å². The molecule has 0 fully saturated rings. The van der Waals surface area contributed by atoms with Gasteiger partial charge < -0.3 is 4.74 Å². The summed E-state index contributed by atoms with van der Waals surface area (Å²) in [7, 11) is 0. The Labute approximate surface area is 94.0 Å². The van der Waals surface area contributed by atoms with Crippen LogP contribution in [0.15, 0.2) is 55.1 Å². The van der Waals surface area contributed by atoms with Gasteiger partial charge in [-0.2, -0.15) is 0 Å². The number of hydrogen-bond acceptors (Lipinski definition) is 3. The van der Waals surface area contributed by atoms with Crippen LogP contribution in [-0.2, 0) is 20.7 Å². The summed E-state index contributed by atoms with van der Waals surface area (Å²) in [5.74, 6) is -1.48. The third-order valence-corrected chi connectivity index (χ3v) is 1.91. The van der Waals surface area contributed by atoms with Crippen molar-refractivity contribution in [3.8, 4) is 0 Å². The standard InChI is InChI=1S/C13H12O3/c1-3-12(14)16-13(15)10(2)9-11-7-5-4-6-8-11/h3-8H,1-2,9H2. The molecule has 82 valence electrons. The van der Waals surface area contributed by atoms with Crippen LogP contribution in [0.5, 0.6) is 0 Å². The largest absolute Gasteiger partial charge is 0.386 e. The number of hydrogen-bond donors (Lipinski definition) is 0. The Kier molecular flexibility index (Phi) is 4.21. The molecule has 0 radical (unpaired) electrons. The van der Waals surface area contributed by atoms with Gasteiger partial charge in [-0.3, -0.25) is 0 Å². The van der Waals surface area contributed by atoms with E-state index in [1.807, 2.05) is 30.3 Å². The second kappa shape index (κ2) is 5.66. The Morgan fingerprint density at radius 1 is 1.25 bits per heavy atom. The predicted molar refractivity (Wildman–Crippen MR) is 60.6 cm³/mol. The number of rotatable bonds is 4. The highest BCUT2D eigenvalue weighted by Crippen LogP contribution is 2.07. The van der Waals surface area contributed by atoms with Crippen molar-refractivity contribution in [3.05, 3.63) is 60.7 Å². The molecule has 0 bridgehead atoms. The summed E-state index contributed by atoms with van der Waals surface area (Å²) < 4.78 is 4.44. The summed E-state index contributed by atoms with van der Waals surface area (Å²) in [6.45, 7) is 6.78. The number of esters is 2. The highest BCUT2D eigenvalue weighted by Gasteiger charge is 2.11. The van der Waals surface area contributed by atoms with E-state index in [4.69, 9.17) is 0 Å². The minimum absolute atomic E-state index is 0.237. The van der Waals surface area contributed by atoms with Crippen molar-refractivity contribution in [1.29, 1.82) is 0 Å². The summed E-state index contributed by atoms with van der Waals surface area (Å²) >= 11 is 0. The maximum atomic E-state index is 11.3. The highest BCUT2D eigenvalue weighted by molar-refractivity contribution is 5.99. The van der Waals surface area contributed by atoms with E-state index in [1.165, 1.54) is 0 Å². The molecule has 16 heavy (non-hydrogen) atoms. The first-order valence-electron chi connectivity index (χ1n) is 4.73. The normalized spacial score (nSPS) is 9.25. The van der Waals surface area contributed by atoms with Crippen molar-refractivity contribution in [1.82, 2.24) is 0 Å². The second-order valence-electron chi connectivity index (χ2n) is 3.18. The van der Waals surface area contributed by atoms with E-state index in [1.54, 1.807) is 0 Å². The molecule has 0 unspecified atom stereocenters. The molecule has 1 aromatic rings. The molecule has 0 heterocycles. The molecule has 1 aromatic carbocycles. The highest BCUT2D eigenvalue weighted by atomic mass is 16.6. The molecule has 0 saturated carbocycles. The first kappa shape index (κ1) is 11.9. The minimum atomic E-state index is -0.765. The van der Waals surface area contributed by atoms with Gasteiger partial charge >= 0.3 is 11.9 Å². The van der Waals surface area contributed by atoms with Gasteiger partial charge in [0.15, 0.2) is 0 Å². The molecule has 1 rings (SSSR count). The lowest BCUT2D eigenvalue weighted by atomic mass is 10.1. The Hall–Kier alpha value is -2.16. The molecule has 0 saturated heterocycles. The molecule has 0 atom stereocenters. The summed E-state index contributed by atoms with van der Waals surface area (Å²) in [5, 5.41) is 0. The fraction of sp³-hybridized carbons (Fsp3) is 0.0769. The molecule has 0 aliphatic carbocycles. The van der Waals surface area contributed by atoms with Crippen molar-refractivity contribution < 1.29 is 14.3 Å². The van der Waals surface area contributed by atoms with Crippen molar-refractivity contribution in [3.63, 3.8) is 0 Å². The molecule has 0 spiro atoms. The van der Waals surface area contributed by atoms with Gasteiger partial charge in [-0.05, 0) is 5.56 Å². The van der Waals surface area contributed by atoms with Gasteiger partial charge in [-0.25, -0.2) is 9.59 Å². The smallest absolute Gasteiger partial charge is 0.341 e. The molecular weight excluding hydrogens is 204 g/mol. The van der Waals surface area contributed by atoms with E-state index < -0.39 is 11.9 Å². The molecule has 0 N–H and O–H groups in total. The van der Waals surface area contributed by atoms with Gasteiger partial charge in [0, 0.05) is 18.1 Å². The third-order valence-electron chi connectivity index (χ3n) is 1.91. The van der Waals surface area contributed by atoms with Gasteiger partial charge in [0.1, 0.15) is 0 Å². The topological polar surface area (TPSA) is 43.4 Å². The van der Waals surface area contributed by atoms with Gasteiger partial charge in [-0.15, -0.1) is 0 Å². The van der Waals surface area contributed by atoms with E-state index in [0.29, 0.717) is 6.42 Å². The zero-order valence-corrected chi connectivity index (χ0v) is 8.81. The van der Waals surface area contributed by atoms with E-state index in [2.05, 4.69) is 17.9 Å². The van der Waals surface area contributed by atoms with Crippen molar-refractivity contribution in [2.24, 2.45) is 0 Å². The quantitative estimate of drug-likeness (QED) is 0.439. The predicted octanol–water partition coefficient (Wildman–Crippen LogP) is 2.04. The van der Waals surface area contributed by atoms with Crippen LogP contribution in [0.1, 0.15) is 5.56 Å². The fourth-order valence-corrected chi connectivity index (χ4v) is 1.12. The summed E-state index contributed by atoms with van der Waals surface area (Å²) in [6.07, 6.45) is 1.30. The van der Waals surface area contributed by atoms with Crippen molar-refractivity contribution in [2.45, 2.75) is 6.42 Å². The third kappa shape index (κ3) is 3.53. The number of benzene rings is 1. The average Bonchev–Trinajstić information content (AvgIpc) is 2.30. The minimum Gasteiger partial charge on any atom is -0.386 e. The zero-order chi connectivity index (χ0) is 12.0. The Morgan fingerprint density at radius 2 is 1.88 bits per heavy atom. The molecule has 3 heteroatoms. The number of carbonyl (C=O) groups excluding carboxylic acids is 2. The van der Waals surface area contributed by atoms with Crippen LogP contribution in [0.25, 0.3) is 0 Å². The molecule has 0 aliphatic heterocycles. The summed E-state index contributed by atoms with van der Waals surface area (Å²) in [4.78, 5) is 22.1. The first-order chi connectivity index (χ1) is 7.63. The van der Waals surface area contributed by atoms with Gasteiger partial charge in [-0.1, -0.05) is 43.5 Å². The SMILES string of the molecule is C=CC(=O)OC(=O)C(=C)Cc1ccccc1. The van der Waals surface area contributed by atoms with Gasteiger partial charge in [0.2, 0.25) is 0 Å².